The second-order valence-corrected chi connectivity index (χ2v) is 18.0. The van der Waals surface area contributed by atoms with E-state index in [2.05, 4.69) is 16.0 Å². The van der Waals surface area contributed by atoms with E-state index in [4.69, 9.17) is 9.47 Å². The number of likely N-dealkylation sites (N-methyl/N-ethyl adjacent to an activating group) is 1. The van der Waals surface area contributed by atoms with Crippen LogP contribution in [-0.2, 0) is 54.3 Å². The number of carbonyl (C=O) groups excluding carboxylic acids is 7. The fourth-order valence-corrected chi connectivity index (χ4v) is 8.88. The van der Waals surface area contributed by atoms with Gasteiger partial charge in [-0.25, -0.2) is 4.79 Å². The fourth-order valence-electron chi connectivity index (χ4n) is 8.88. The number of hydrogen-bond acceptors (Lipinski definition) is 11. The van der Waals surface area contributed by atoms with E-state index in [1.807, 2.05) is 38.7 Å². The molecule has 0 radical (unpaired) electrons. The lowest BCUT2D eigenvalue weighted by atomic mass is 9.87. The molecular formula is C47H72N6O11. The maximum absolute atomic E-state index is 14.3. The predicted octanol–water partition coefficient (Wildman–Crippen LogP) is 3.24. The number of hydrogen-bond donors (Lipinski definition) is 4. The van der Waals surface area contributed by atoms with Gasteiger partial charge in [0.15, 0.2) is 0 Å². The number of carboxylic acid groups (broad SMARTS) is 1. The third-order valence-electron chi connectivity index (χ3n) is 12.6. The van der Waals surface area contributed by atoms with E-state index in [1.165, 1.54) is 40.2 Å². The first-order valence-corrected chi connectivity index (χ1v) is 22.5. The largest absolute Gasteiger partial charge is 0.480 e. The lowest BCUT2D eigenvalue weighted by Gasteiger charge is -2.43. The number of methoxy groups -OCH3 is 2. The van der Waals surface area contributed by atoms with Crippen molar-refractivity contribution in [1.29, 1.82) is 0 Å². The monoisotopic (exact) mass is 897 g/mol. The Morgan fingerprint density at radius 2 is 1.56 bits per heavy atom. The second kappa shape index (κ2) is 24.9. The predicted molar refractivity (Wildman–Crippen MR) is 239 cm³/mol. The third-order valence-corrected chi connectivity index (χ3v) is 12.6. The van der Waals surface area contributed by atoms with Crippen LogP contribution in [0.4, 0.5) is 0 Å². The third kappa shape index (κ3) is 14.5. The van der Waals surface area contributed by atoms with Gasteiger partial charge in [0.1, 0.15) is 11.6 Å². The Balaban J connectivity index is 1.67. The van der Waals surface area contributed by atoms with Crippen molar-refractivity contribution >= 4 is 47.3 Å². The van der Waals surface area contributed by atoms with Crippen LogP contribution >= 0.6 is 0 Å². The zero-order valence-electron chi connectivity index (χ0n) is 39.4. The van der Waals surface area contributed by atoms with Gasteiger partial charge in [0, 0.05) is 58.3 Å². The first kappa shape index (κ1) is 53.3. The van der Waals surface area contributed by atoms with Crippen LogP contribution in [0.2, 0.25) is 0 Å². The molecule has 4 N–H and O–H groups in total. The summed E-state index contributed by atoms with van der Waals surface area (Å²) in [5.41, 5.74) is -0.672. The standard InChI is InChI=1S/C47H72N6O11/c1-11-30(4)41(51(8)40(29(2)3)44(59)49-46(62)47(6,7)50-36(54)22-16-13-17-25-53-37(55)23-24-38(53)56)35(63-9)28-39(57)52-26-18-21-34(52)42(64-10)31(5)43(58)48-33(45(60)61)27-32-19-14-12-15-20-32/h12,14-15,19-20,23-24,29-31,33-35,40-42H,11,13,16-18,21-22,25-28H2,1-10H3,(H,48,58)(H,50,54)(H,60,61)(H,49,59,62)/t30-,31+,33-,34-,35+,40-,41-,42+/m0/s1. The van der Waals surface area contributed by atoms with E-state index in [1.54, 1.807) is 43.1 Å². The van der Waals surface area contributed by atoms with Gasteiger partial charge in [-0.15, -0.1) is 0 Å². The van der Waals surface area contributed by atoms with Crippen LogP contribution in [-0.4, -0.2) is 143 Å². The fraction of sp³-hybridized carbons (Fsp3) is 0.660. The SMILES string of the molecule is CC[C@H](C)[C@@H]([C@@H](CC(=O)N1CCC[C@H]1[C@H](OC)[C@@H](C)C(=O)N[C@@H](Cc1ccccc1)C(=O)O)OC)N(C)[C@H](C(=O)NC(=O)C(C)(C)NC(=O)CCCCCN1C(=O)C=CC1=O)C(C)C. The Bertz CT molecular complexity index is 1800. The van der Waals surface area contributed by atoms with Crippen molar-refractivity contribution in [3.05, 3.63) is 48.0 Å². The summed E-state index contributed by atoms with van der Waals surface area (Å²) in [7, 11) is 4.78. The van der Waals surface area contributed by atoms with Gasteiger partial charge in [-0.1, -0.05) is 77.8 Å². The van der Waals surface area contributed by atoms with Gasteiger partial charge in [-0.2, -0.15) is 0 Å². The number of ether oxygens (including phenoxy) is 2. The maximum Gasteiger partial charge on any atom is 0.326 e. The minimum Gasteiger partial charge on any atom is -0.480 e. The number of nitrogens with zero attached hydrogens (tertiary/aromatic N) is 3. The molecule has 0 spiro atoms. The molecule has 1 aromatic rings. The molecule has 0 aromatic heterocycles. The molecule has 64 heavy (non-hydrogen) atoms. The van der Waals surface area contributed by atoms with Gasteiger partial charge in [0.2, 0.25) is 23.6 Å². The molecule has 2 aliphatic rings. The summed E-state index contributed by atoms with van der Waals surface area (Å²) >= 11 is 0. The van der Waals surface area contributed by atoms with Crippen molar-refractivity contribution in [2.24, 2.45) is 17.8 Å². The van der Waals surface area contributed by atoms with Crippen LogP contribution in [0.1, 0.15) is 105 Å². The van der Waals surface area contributed by atoms with Gasteiger partial charge >= 0.3 is 5.97 Å². The van der Waals surface area contributed by atoms with Crippen LogP contribution in [0.3, 0.4) is 0 Å². The highest BCUT2D eigenvalue weighted by atomic mass is 16.5. The summed E-state index contributed by atoms with van der Waals surface area (Å²) < 4.78 is 11.9. The molecule has 17 nitrogen and oxygen atoms in total. The molecule has 7 amide bonds. The molecule has 2 aliphatic heterocycles. The number of carbonyl (C=O) groups is 8. The average Bonchev–Trinajstić information content (AvgIpc) is 3.85. The number of nitrogens with one attached hydrogen (secondary N) is 3. The molecule has 0 bridgehead atoms. The van der Waals surface area contributed by atoms with E-state index >= 15 is 0 Å². The first-order valence-electron chi connectivity index (χ1n) is 22.5. The van der Waals surface area contributed by atoms with E-state index in [-0.39, 0.29) is 61.3 Å². The lowest BCUT2D eigenvalue weighted by Crippen LogP contribution is -2.62. The minimum atomic E-state index is -1.44. The molecule has 8 atom stereocenters. The Labute approximate surface area is 378 Å². The summed E-state index contributed by atoms with van der Waals surface area (Å²) in [5.74, 6) is -5.37. The highest BCUT2D eigenvalue weighted by Crippen LogP contribution is 2.30. The van der Waals surface area contributed by atoms with E-state index in [0.717, 1.165) is 10.5 Å². The maximum atomic E-state index is 14.3. The normalized spacial score (nSPS) is 18.7. The van der Waals surface area contributed by atoms with E-state index in [9.17, 15) is 43.5 Å². The molecule has 0 aliphatic carbocycles. The zero-order chi connectivity index (χ0) is 47.9. The number of amides is 7. The van der Waals surface area contributed by atoms with Crippen LogP contribution in [0, 0.1) is 17.8 Å². The minimum absolute atomic E-state index is 0.0440. The Kier molecular flexibility index (Phi) is 20.7. The van der Waals surface area contributed by atoms with Crippen molar-refractivity contribution < 1.29 is 52.9 Å². The average molecular weight is 897 g/mol. The van der Waals surface area contributed by atoms with Crippen LogP contribution in [0.15, 0.2) is 42.5 Å². The van der Waals surface area contributed by atoms with Crippen molar-refractivity contribution in [1.82, 2.24) is 30.7 Å². The Morgan fingerprint density at radius 3 is 2.12 bits per heavy atom. The van der Waals surface area contributed by atoms with Gasteiger partial charge in [0.05, 0.1) is 36.6 Å². The number of aliphatic carboxylic acids is 1. The molecule has 1 saturated heterocycles. The number of carboxylic acids is 1. The number of unbranched alkanes of at least 4 members (excludes halogenated alkanes) is 2. The van der Waals surface area contributed by atoms with Gasteiger partial charge in [0.25, 0.3) is 17.7 Å². The first-order chi connectivity index (χ1) is 30.2. The van der Waals surface area contributed by atoms with Crippen LogP contribution < -0.4 is 16.0 Å². The Morgan fingerprint density at radius 1 is 0.922 bits per heavy atom. The molecule has 1 aromatic carbocycles. The highest BCUT2D eigenvalue weighted by Gasteiger charge is 2.44. The van der Waals surface area contributed by atoms with Crippen LogP contribution in [0.25, 0.3) is 0 Å². The number of imide groups is 2. The zero-order valence-corrected chi connectivity index (χ0v) is 39.4. The number of rotatable bonds is 26. The molecular weight excluding hydrogens is 825 g/mol. The van der Waals surface area contributed by atoms with Crippen molar-refractivity contribution in [3.8, 4) is 0 Å². The molecule has 3 rings (SSSR count). The molecule has 2 heterocycles. The molecule has 0 saturated carbocycles. The van der Waals surface area contributed by atoms with Gasteiger partial charge < -0.3 is 30.1 Å². The number of likely N-dealkylation sites (tertiary alicyclic amines) is 1. The smallest absolute Gasteiger partial charge is 0.326 e. The second-order valence-electron chi connectivity index (χ2n) is 18.0. The van der Waals surface area contributed by atoms with Crippen molar-refractivity contribution in [2.45, 2.75) is 148 Å². The van der Waals surface area contributed by atoms with Crippen molar-refractivity contribution in [2.75, 3.05) is 34.4 Å². The van der Waals surface area contributed by atoms with Crippen LogP contribution in [0.5, 0.6) is 0 Å². The summed E-state index contributed by atoms with van der Waals surface area (Å²) in [6.07, 6.45) is 4.74. The lowest BCUT2D eigenvalue weighted by molar-refractivity contribution is -0.146. The van der Waals surface area contributed by atoms with E-state index in [0.29, 0.717) is 45.1 Å². The quantitative estimate of drug-likeness (QED) is 0.0778. The molecule has 356 valence electrons. The summed E-state index contributed by atoms with van der Waals surface area (Å²) in [5, 5.41) is 17.8. The highest BCUT2D eigenvalue weighted by molar-refractivity contribution is 6.12. The number of benzene rings is 1. The molecule has 1 fully saturated rings. The molecule has 0 unspecified atom stereocenters. The van der Waals surface area contributed by atoms with Crippen molar-refractivity contribution in [3.63, 3.8) is 0 Å². The summed E-state index contributed by atoms with van der Waals surface area (Å²) in [6, 6.07) is 6.11. The van der Waals surface area contributed by atoms with E-state index < -0.39 is 71.5 Å². The Hall–Kier alpha value is -5.00. The summed E-state index contributed by atoms with van der Waals surface area (Å²) in [6.45, 7) is 13.1. The van der Waals surface area contributed by atoms with Gasteiger partial charge in [-0.05, 0) is 64.0 Å². The summed E-state index contributed by atoms with van der Waals surface area (Å²) in [4.78, 5) is 109. The molecule has 17 heteroatoms. The van der Waals surface area contributed by atoms with Gasteiger partial charge in [-0.3, -0.25) is 48.7 Å². The topological polar surface area (TPSA) is 221 Å².